The minimum Gasteiger partial charge on any atom is -0.258 e. The number of rotatable bonds is 1. The van der Waals surface area contributed by atoms with Gasteiger partial charge in [-0.2, -0.15) is 0 Å². The minimum atomic E-state index is -0.223. The first-order chi connectivity index (χ1) is 7.27. The highest BCUT2D eigenvalue weighted by Gasteiger charge is 2.37. The van der Waals surface area contributed by atoms with Crippen LogP contribution in [0.1, 0.15) is 48.6 Å². The van der Waals surface area contributed by atoms with Crippen molar-refractivity contribution < 1.29 is 4.92 Å². The summed E-state index contributed by atoms with van der Waals surface area (Å²) in [6.45, 7) is 0. The lowest BCUT2D eigenvalue weighted by atomic mass is 9.66. The molecule has 2 bridgehead atoms. The third kappa shape index (κ3) is 1.19. The van der Waals surface area contributed by atoms with Gasteiger partial charge in [-0.25, -0.2) is 0 Å². The number of hydrogen-bond acceptors (Lipinski definition) is 2. The Morgan fingerprint density at radius 3 is 2.47 bits per heavy atom. The second kappa shape index (κ2) is 3.05. The molecule has 0 radical (unpaired) electrons. The molecule has 0 saturated heterocycles. The molecule has 78 valence electrons. The normalized spacial score (nSPS) is 27.5. The van der Waals surface area contributed by atoms with Gasteiger partial charge in [0.05, 0.1) is 4.92 Å². The van der Waals surface area contributed by atoms with Crippen molar-refractivity contribution in [1.82, 2.24) is 0 Å². The molecule has 0 aliphatic heterocycles. The lowest BCUT2D eigenvalue weighted by Gasteiger charge is -2.37. The van der Waals surface area contributed by atoms with E-state index in [1.54, 1.807) is 6.07 Å². The number of nitrogens with zero attached hydrogens (tertiary/aromatic N) is 1. The van der Waals surface area contributed by atoms with E-state index in [1.807, 2.05) is 6.07 Å². The number of benzene rings is 1. The molecule has 0 heterocycles. The summed E-state index contributed by atoms with van der Waals surface area (Å²) in [6.07, 6.45) is 4.72. The van der Waals surface area contributed by atoms with Gasteiger partial charge < -0.3 is 0 Å². The van der Waals surface area contributed by atoms with E-state index in [9.17, 15) is 10.1 Å². The zero-order valence-electron chi connectivity index (χ0n) is 8.48. The Morgan fingerprint density at radius 1 is 1.13 bits per heavy atom. The maximum Gasteiger partial charge on any atom is 0.273 e. The summed E-state index contributed by atoms with van der Waals surface area (Å²) in [4.78, 5) is 10.7. The summed E-state index contributed by atoms with van der Waals surface area (Å²) >= 11 is 0. The average Bonchev–Trinajstić information content (AvgIpc) is 2.30. The van der Waals surface area contributed by atoms with Crippen LogP contribution in [0.2, 0.25) is 0 Å². The second-order valence-corrected chi connectivity index (χ2v) is 4.59. The zero-order chi connectivity index (χ0) is 10.4. The van der Waals surface area contributed by atoms with Gasteiger partial charge in [-0.05, 0) is 43.1 Å². The predicted molar refractivity (Wildman–Crippen MR) is 57.0 cm³/mol. The molecular weight excluding hydrogens is 190 g/mol. The quantitative estimate of drug-likeness (QED) is 0.519. The van der Waals surface area contributed by atoms with Gasteiger partial charge in [-0.1, -0.05) is 12.1 Å². The maximum absolute atomic E-state index is 11.0. The molecule has 0 N–H and O–H groups in total. The first-order valence-electron chi connectivity index (χ1n) is 5.54. The summed E-state index contributed by atoms with van der Waals surface area (Å²) in [6, 6.07) is 5.56. The Labute approximate surface area is 88.3 Å². The van der Waals surface area contributed by atoms with Crippen LogP contribution in [0, 0.1) is 10.1 Å². The second-order valence-electron chi connectivity index (χ2n) is 4.59. The summed E-state index contributed by atoms with van der Waals surface area (Å²) in [5.41, 5.74) is 2.65. The van der Waals surface area contributed by atoms with Gasteiger partial charge in [0, 0.05) is 11.6 Å². The van der Waals surface area contributed by atoms with E-state index < -0.39 is 0 Å². The number of fused-ring (bicyclic) bond motifs is 2. The van der Waals surface area contributed by atoms with Crippen molar-refractivity contribution in [2.75, 3.05) is 0 Å². The molecule has 0 aromatic heterocycles. The van der Waals surface area contributed by atoms with Gasteiger partial charge in [0.15, 0.2) is 0 Å². The first-order valence-corrected chi connectivity index (χ1v) is 5.54. The monoisotopic (exact) mass is 203 g/mol. The van der Waals surface area contributed by atoms with E-state index in [4.69, 9.17) is 0 Å². The van der Waals surface area contributed by atoms with Gasteiger partial charge in [-0.15, -0.1) is 0 Å². The van der Waals surface area contributed by atoms with Crippen LogP contribution in [0.5, 0.6) is 0 Å². The first kappa shape index (κ1) is 8.89. The van der Waals surface area contributed by atoms with E-state index >= 15 is 0 Å². The Hall–Kier alpha value is -1.38. The molecule has 3 heteroatoms. The fourth-order valence-corrected chi connectivity index (χ4v) is 3.22. The smallest absolute Gasteiger partial charge is 0.258 e. The average molecular weight is 203 g/mol. The molecule has 1 aromatic carbocycles. The van der Waals surface area contributed by atoms with Crippen LogP contribution in [0.3, 0.4) is 0 Å². The maximum atomic E-state index is 11.0. The lowest BCUT2D eigenvalue weighted by molar-refractivity contribution is -0.386. The summed E-state index contributed by atoms with van der Waals surface area (Å²) in [7, 11) is 0. The number of nitro groups is 1. The predicted octanol–water partition coefficient (Wildman–Crippen LogP) is 3.35. The lowest BCUT2D eigenvalue weighted by Crippen LogP contribution is -2.22. The Balaban J connectivity index is 2.22. The molecule has 3 nitrogen and oxygen atoms in total. The largest absolute Gasteiger partial charge is 0.273 e. The zero-order valence-corrected chi connectivity index (χ0v) is 8.48. The van der Waals surface area contributed by atoms with Gasteiger partial charge in [-0.3, -0.25) is 10.1 Å². The number of nitro benzene ring substituents is 1. The van der Waals surface area contributed by atoms with Gasteiger partial charge in [0.25, 0.3) is 5.69 Å². The molecule has 0 unspecified atom stereocenters. The van der Waals surface area contributed by atoms with Gasteiger partial charge >= 0.3 is 0 Å². The van der Waals surface area contributed by atoms with Crippen LogP contribution >= 0.6 is 0 Å². The van der Waals surface area contributed by atoms with Crippen molar-refractivity contribution in [3.8, 4) is 0 Å². The van der Waals surface area contributed by atoms with Crippen LogP contribution in [0.15, 0.2) is 18.2 Å². The molecule has 0 atom stereocenters. The van der Waals surface area contributed by atoms with Crippen LogP contribution in [0.4, 0.5) is 5.69 Å². The fourth-order valence-electron chi connectivity index (χ4n) is 3.22. The fraction of sp³-hybridized carbons (Fsp3) is 0.500. The van der Waals surface area contributed by atoms with E-state index in [0.29, 0.717) is 17.5 Å². The molecule has 1 saturated carbocycles. The van der Waals surface area contributed by atoms with Crippen molar-refractivity contribution in [3.63, 3.8) is 0 Å². The highest BCUT2D eigenvalue weighted by molar-refractivity contribution is 5.51. The Morgan fingerprint density at radius 2 is 1.80 bits per heavy atom. The summed E-state index contributed by atoms with van der Waals surface area (Å²) < 4.78 is 0. The van der Waals surface area contributed by atoms with Crippen molar-refractivity contribution in [2.45, 2.75) is 37.5 Å². The Bertz CT molecular complexity index is 420. The molecule has 1 fully saturated rings. The number of hydrogen-bond donors (Lipinski definition) is 0. The molecule has 3 aliphatic carbocycles. The molecule has 4 rings (SSSR count). The SMILES string of the molecule is O=[N+]([O-])c1cccc2c1C1CCC2CC1. The minimum absolute atomic E-state index is 0.223. The Kier molecular flexibility index (Phi) is 1.81. The van der Waals surface area contributed by atoms with Crippen LogP contribution in [-0.2, 0) is 0 Å². The summed E-state index contributed by atoms with van der Waals surface area (Å²) in [5.74, 6) is 1.04. The van der Waals surface area contributed by atoms with Crippen LogP contribution in [0.25, 0.3) is 0 Å². The van der Waals surface area contributed by atoms with Crippen molar-refractivity contribution in [1.29, 1.82) is 0 Å². The molecular formula is C12H13NO2. The standard InChI is InChI=1S/C12H13NO2/c14-13(15)11-3-1-2-10-8-4-6-9(7-5-8)12(10)11/h1-3,8-9H,4-7H2. The third-order valence-electron chi connectivity index (χ3n) is 3.89. The van der Waals surface area contributed by atoms with Crippen molar-refractivity contribution in [3.05, 3.63) is 39.4 Å². The van der Waals surface area contributed by atoms with Gasteiger partial charge in [0.2, 0.25) is 0 Å². The molecule has 1 aromatic rings. The van der Waals surface area contributed by atoms with Gasteiger partial charge in [0.1, 0.15) is 0 Å². The summed E-state index contributed by atoms with van der Waals surface area (Å²) in [5, 5.41) is 11.0. The topological polar surface area (TPSA) is 43.1 Å². The van der Waals surface area contributed by atoms with Crippen molar-refractivity contribution >= 4 is 5.69 Å². The highest BCUT2D eigenvalue weighted by Crippen LogP contribution is 2.51. The van der Waals surface area contributed by atoms with Crippen LogP contribution < -0.4 is 0 Å². The van der Waals surface area contributed by atoms with Crippen molar-refractivity contribution in [2.24, 2.45) is 0 Å². The van der Waals surface area contributed by atoms with E-state index in [0.717, 1.165) is 18.4 Å². The molecule has 0 spiro atoms. The van der Waals surface area contributed by atoms with E-state index in [1.165, 1.54) is 18.4 Å². The van der Waals surface area contributed by atoms with Crippen LogP contribution in [-0.4, -0.2) is 4.92 Å². The molecule has 3 aliphatic rings. The van der Waals surface area contributed by atoms with E-state index in [2.05, 4.69) is 6.07 Å². The molecule has 0 amide bonds. The van der Waals surface area contributed by atoms with E-state index in [-0.39, 0.29) is 4.92 Å². The third-order valence-corrected chi connectivity index (χ3v) is 3.89. The molecule has 15 heavy (non-hydrogen) atoms. The highest BCUT2D eigenvalue weighted by atomic mass is 16.6.